The number of nitrogens with zero attached hydrogens (tertiary/aromatic N) is 2. The molecule has 6 nitrogen and oxygen atoms in total. The number of benzene rings is 1. The van der Waals surface area contributed by atoms with Gasteiger partial charge in [-0.25, -0.2) is 4.90 Å². The number of nitro groups is 1. The normalized spacial score (nSPS) is 31.6. The van der Waals surface area contributed by atoms with Gasteiger partial charge in [-0.1, -0.05) is 12.2 Å². The number of anilines is 1. The fraction of sp³-hybridized carbons (Fsp3) is 0.375. The van der Waals surface area contributed by atoms with Crippen molar-refractivity contribution < 1.29 is 14.5 Å². The van der Waals surface area contributed by atoms with Crippen molar-refractivity contribution in [3.8, 4) is 0 Å². The predicted octanol–water partition coefficient (Wildman–Crippen LogP) is 3.06. The van der Waals surface area contributed by atoms with E-state index in [0.29, 0.717) is 10.2 Å². The number of nitro benzene ring substituents is 1. The lowest BCUT2D eigenvalue weighted by Gasteiger charge is -2.38. The second kappa shape index (κ2) is 4.99. The number of amides is 2. The minimum absolute atomic E-state index is 0.0844. The van der Waals surface area contributed by atoms with Crippen molar-refractivity contribution in [3.63, 3.8) is 0 Å². The van der Waals surface area contributed by atoms with Crippen molar-refractivity contribution in [1.29, 1.82) is 0 Å². The summed E-state index contributed by atoms with van der Waals surface area (Å²) < 4.78 is 0.382. The topological polar surface area (TPSA) is 80.5 Å². The Morgan fingerprint density at radius 1 is 1.09 bits per heavy atom. The fourth-order valence-corrected chi connectivity index (χ4v) is 4.65. The van der Waals surface area contributed by atoms with Gasteiger partial charge in [-0.2, -0.15) is 0 Å². The third-order valence-corrected chi connectivity index (χ3v) is 5.78. The molecule has 0 unspecified atom stereocenters. The Bertz CT molecular complexity index is 743. The highest BCUT2D eigenvalue weighted by atomic mass is 79.9. The van der Waals surface area contributed by atoms with Gasteiger partial charge in [0, 0.05) is 16.6 Å². The van der Waals surface area contributed by atoms with Crippen LogP contribution in [-0.2, 0) is 9.59 Å². The fourth-order valence-electron chi connectivity index (χ4n) is 4.10. The molecule has 1 saturated carbocycles. The van der Waals surface area contributed by atoms with E-state index in [0.717, 1.165) is 12.8 Å². The van der Waals surface area contributed by atoms with Gasteiger partial charge in [0.25, 0.3) is 5.69 Å². The van der Waals surface area contributed by atoms with Crippen LogP contribution in [0, 0.1) is 33.8 Å². The van der Waals surface area contributed by atoms with Crippen molar-refractivity contribution in [3.05, 3.63) is 44.9 Å². The molecular formula is C16H13BrN2O4. The zero-order valence-corrected chi connectivity index (χ0v) is 13.6. The Morgan fingerprint density at radius 2 is 1.65 bits per heavy atom. The van der Waals surface area contributed by atoms with E-state index in [2.05, 4.69) is 28.1 Å². The molecule has 5 rings (SSSR count). The standard InChI is InChI=1S/C16H13BrN2O4/c17-11-7-10(19(22)23)5-6-12(11)18-15(20)13-8-1-2-9(4-3-8)14(13)16(18)21/h1-2,5-9,13-14H,3-4H2/t8-,9+,13-,14-/m0/s1. The van der Waals surface area contributed by atoms with Crippen LogP contribution in [0.3, 0.4) is 0 Å². The molecule has 2 bridgehead atoms. The van der Waals surface area contributed by atoms with Crippen LogP contribution in [0.25, 0.3) is 0 Å². The first-order valence-corrected chi connectivity index (χ1v) is 8.28. The smallest absolute Gasteiger partial charge is 0.270 e. The molecule has 1 aliphatic heterocycles. The highest BCUT2D eigenvalue weighted by molar-refractivity contribution is 9.10. The zero-order valence-electron chi connectivity index (χ0n) is 12.0. The lowest BCUT2D eigenvalue weighted by Crippen LogP contribution is -2.38. The van der Waals surface area contributed by atoms with E-state index in [1.807, 2.05) is 0 Å². The van der Waals surface area contributed by atoms with E-state index in [1.54, 1.807) is 0 Å². The molecule has 1 saturated heterocycles. The van der Waals surface area contributed by atoms with Gasteiger partial charge in [0.05, 0.1) is 22.4 Å². The van der Waals surface area contributed by atoms with Gasteiger partial charge >= 0.3 is 0 Å². The van der Waals surface area contributed by atoms with Gasteiger partial charge in [-0.05, 0) is 46.7 Å². The highest BCUT2D eigenvalue weighted by Crippen LogP contribution is 2.51. The van der Waals surface area contributed by atoms with Crippen LogP contribution in [0.5, 0.6) is 0 Å². The summed E-state index contributed by atoms with van der Waals surface area (Å²) in [7, 11) is 0. The van der Waals surface area contributed by atoms with E-state index < -0.39 is 4.92 Å². The number of carbonyl (C=O) groups is 2. The SMILES string of the molecule is O=C1[C@@H]2[C@@H](C(=O)N1c1ccc([N+](=O)[O-])cc1Br)[C@H]1C=C[C@@H]2CC1. The third-order valence-electron chi connectivity index (χ3n) is 5.14. The highest BCUT2D eigenvalue weighted by Gasteiger charge is 2.57. The quantitative estimate of drug-likeness (QED) is 0.343. The Morgan fingerprint density at radius 3 is 2.09 bits per heavy atom. The Kier molecular flexibility index (Phi) is 3.16. The molecule has 0 aromatic heterocycles. The molecule has 4 atom stereocenters. The summed E-state index contributed by atoms with van der Waals surface area (Å²) in [5.74, 6) is -0.685. The van der Waals surface area contributed by atoms with Crippen molar-refractivity contribution >= 4 is 39.1 Å². The molecule has 23 heavy (non-hydrogen) atoms. The Hall–Kier alpha value is -2.02. The summed E-state index contributed by atoms with van der Waals surface area (Å²) >= 11 is 3.26. The number of imide groups is 1. The molecule has 1 aromatic rings. The maximum atomic E-state index is 12.8. The molecule has 7 heteroatoms. The number of halogens is 1. The summed E-state index contributed by atoms with van der Waals surface area (Å²) in [5, 5.41) is 10.8. The van der Waals surface area contributed by atoms with Gasteiger partial charge in [0.15, 0.2) is 0 Å². The van der Waals surface area contributed by atoms with Crippen LogP contribution in [0.2, 0.25) is 0 Å². The van der Waals surface area contributed by atoms with Gasteiger partial charge < -0.3 is 0 Å². The number of carbonyl (C=O) groups excluding carboxylic acids is 2. The van der Waals surface area contributed by atoms with Gasteiger partial charge in [0.2, 0.25) is 11.8 Å². The van der Waals surface area contributed by atoms with Crippen molar-refractivity contribution in [2.75, 3.05) is 4.90 Å². The molecule has 4 aliphatic rings. The van der Waals surface area contributed by atoms with Crippen molar-refractivity contribution in [1.82, 2.24) is 0 Å². The van der Waals surface area contributed by atoms with E-state index in [9.17, 15) is 19.7 Å². The van der Waals surface area contributed by atoms with E-state index in [1.165, 1.54) is 23.1 Å². The number of allylic oxidation sites excluding steroid dienone is 2. The summed E-state index contributed by atoms with van der Waals surface area (Å²) in [6, 6.07) is 4.10. The maximum absolute atomic E-state index is 12.8. The second-order valence-electron chi connectivity index (χ2n) is 6.25. The van der Waals surface area contributed by atoms with E-state index in [4.69, 9.17) is 0 Å². The van der Waals surface area contributed by atoms with Crippen LogP contribution in [0.1, 0.15) is 12.8 Å². The van der Waals surface area contributed by atoms with Gasteiger partial charge in [-0.3, -0.25) is 19.7 Å². The number of rotatable bonds is 2. The molecule has 0 N–H and O–H groups in total. The summed E-state index contributed by atoms with van der Waals surface area (Å²) in [5.41, 5.74) is 0.304. The van der Waals surface area contributed by atoms with Gasteiger partial charge in [-0.15, -0.1) is 0 Å². The first kappa shape index (κ1) is 14.6. The first-order valence-electron chi connectivity index (χ1n) is 7.49. The molecule has 1 heterocycles. The molecule has 3 aliphatic carbocycles. The average molecular weight is 377 g/mol. The summed E-state index contributed by atoms with van der Waals surface area (Å²) in [6.07, 6.45) is 6.01. The Labute approximate surface area is 140 Å². The second-order valence-corrected chi connectivity index (χ2v) is 7.10. The summed E-state index contributed by atoms with van der Waals surface area (Å²) in [4.78, 5) is 37.2. The number of hydrogen-bond donors (Lipinski definition) is 0. The number of fused-ring (bicyclic) bond motifs is 1. The van der Waals surface area contributed by atoms with Crippen molar-refractivity contribution in [2.45, 2.75) is 12.8 Å². The maximum Gasteiger partial charge on any atom is 0.270 e. The molecule has 0 radical (unpaired) electrons. The minimum Gasteiger partial charge on any atom is -0.274 e. The molecule has 0 spiro atoms. The largest absolute Gasteiger partial charge is 0.274 e. The zero-order chi connectivity index (χ0) is 16.3. The lowest BCUT2D eigenvalue weighted by molar-refractivity contribution is -0.384. The van der Waals surface area contributed by atoms with Gasteiger partial charge in [0.1, 0.15) is 0 Å². The van der Waals surface area contributed by atoms with E-state index in [-0.39, 0.29) is 41.2 Å². The van der Waals surface area contributed by atoms with Crippen LogP contribution in [0.15, 0.2) is 34.8 Å². The molecular weight excluding hydrogens is 364 g/mol. The summed E-state index contributed by atoms with van der Waals surface area (Å²) in [6.45, 7) is 0. The number of non-ortho nitro benzene ring substituents is 1. The molecule has 118 valence electrons. The van der Waals surface area contributed by atoms with E-state index >= 15 is 0 Å². The van der Waals surface area contributed by atoms with Crippen LogP contribution < -0.4 is 4.90 Å². The van der Waals surface area contributed by atoms with Crippen LogP contribution in [0.4, 0.5) is 11.4 Å². The Balaban J connectivity index is 1.75. The molecule has 1 aromatic carbocycles. The first-order chi connectivity index (χ1) is 11.0. The number of hydrogen-bond acceptors (Lipinski definition) is 4. The minimum atomic E-state index is -0.508. The molecule has 2 amide bonds. The van der Waals surface area contributed by atoms with Crippen molar-refractivity contribution in [2.24, 2.45) is 23.7 Å². The monoisotopic (exact) mass is 376 g/mol. The predicted molar refractivity (Wildman–Crippen MR) is 85.6 cm³/mol. The molecule has 2 fully saturated rings. The average Bonchev–Trinajstić information content (AvgIpc) is 2.82. The van der Waals surface area contributed by atoms with Crippen LogP contribution >= 0.6 is 15.9 Å². The third kappa shape index (κ3) is 1.99. The van der Waals surface area contributed by atoms with Crippen LogP contribution in [-0.4, -0.2) is 16.7 Å². The lowest BCUT2D eigenvalue weighted by atomic mass is 9.63.